The maximum absolute atomic E-state index is 10.2. The molecular weight excluding hydrogens is 188 g/mol. The molecule has 0 radical (unpaired) electrons. The molecule has 14 heavy (non-hydrogen) atoms. The second kappa shape index (κ2) is 8.77. The van der Waals surface area contributed by atoms with Gasteiger partial charge in [-0.2, -0.15) is 0 Å². The molecule has 0 aliphatic rings. The van der Waals surface area contributed by atoms with E-state index in [1.807, 2.05) is 0 Å². The van der Waals surface area contributed by atoms with E-state index in [2.05, 4.69) is 11.7 Å². The van der Waals surface area contributed by atoms with Crippen LogP contribution in [0.2, 0.25) is 0 Å². The summed E-state index contributed by atoms with van der Waals surface area (Å²) in [6, 6.07) is 0. The molecule has 1 atom stereocenters. The molecular formula is C9H18O5. The van der Waals surface area contributed by atoms with Crippen molar-refractivity contribution in [2.45, 2.75) is 38.9 Å². The van der Waals surface area contributed by atoms with E-state index < -0.39 is 12.4 Å². The minimum atomic E-state index is -1.34. The van der Waals surface area contributed by atoms with Gasteiger partial charge in [0.15, 0.2) is 0 Å². The molecule has 0 saturated heterocycles. The number of carbonyl (C=O) groups is 1. The number of hydrogen-bond acceptors (Lipinski definition) is 4. The summed E-state index contributed by atoms with van der Waals surface area (Å²) in [5.74, 6) is 0. The van der Waals surface area contributed by atoms with E-state index in [9.17, 15) is 4.79 Å². The highest BCUT2D eigenvalue weighted by molar-refractivity contribution is 5.56. The van der Waals surface area contributed by atoms with Crippen LogP contribution in [0.15, 0.2) is 0 Å². The van der Waals surface area contributed by atoms with Crippen molar-refractivity contribution in [3.8, 4) is 0 Å². The van der Waals surface area contributed by atoms with Crippen molar-refractivity contribution in [2.75, 3.05) is 13.2 Å². The molecule has 0 aromatic rings. The van der Waals surface area contributed by atoms with Crippen LogP contribution in [0, 0.1) is 0 Å². The van der Waals surface area contributed by atoms with E-state index in [-0.39, 0.29) is 13.2 Å². The zero-order chi connectivity index (χ0) is 10.8. The highest BCUT2D eigenvalue weighted by atomic mass is 16.8. The minimum Gasteiger partial charge on any atom is -0.450 e. The molecule has 0 fully saturated rings. The smallest absolute Gasteiger partial charge is 0.450 e. The van der Waals surface area contributed by atoms with Crippen LogP contribution in [0.5, 0.6) is 0 Å². The fourth-order valence-corrected chi connectivity index (χ4v) is 1.03. The minimum absolute atomic E-state index is 0.101. The van der Waals surface area contributed by atoms with Gasteiger partial charge in [0.05, 0.1) is 13.2 Å². The summed E-state index contributed by atoms with van der Waals surface area (Å²) in [5, 5.41) is 16.9. The lowest BCUT2D eigenvalue weighted by Crippen LogP contribution is -2.22. The molecule has 0 amide bonds. The van der Waals surface area contributed by atoms with Gasteiger partial charge in [0.2, 0.25) is 6.29 Å². The first-order valence-corrected chi connectivity index (χ1v) is 4.82. The van der Waals surface area contributed by atoms with Crippen LogP contribution in [-0.2, 0) is 9.47 Å². The van der Waals surface area contributed by atoms with Crippen LogP contribution in [0.25, 0.3) is 0 Å². The van der Waals surface area contributed by atoms with Gasteiger partial charge in [0.1, 0.15) is 0 Å². The van der Waals surface area contributed by atoms with E-state index in [1.54, 1.807) is 0 Å². The topological polar surface area (TPSA) is 76.0 Å². The van der Waals surface area contributed by atoms with Gasteiger partial charge in [-0.3, -0.25) is 0 Å². The van der Waals surface area contributed by atoms with Crippen molar-refractivity contribution in [3.63, 3.8) is 0 Å². The Morgan fingerprint density at radius 3 is 2.64 bits per heavy atom. The van der Waals surface area contributed by atoms with Gasteiger partial charge in [-0.1, -0.05) is 19.8 Å². The van der Waals surface area contributed by atoms with Crippen LogP contribution in [0.3, 0.4) is 0 Å². The lowest BCUT2D eigenvalue weighted by molar-refractivity contribution is -0.126. The highest BCUT2D eigenvalue weighted by Crippen LogP contribution is 2.08. The van der Waals surface area contributed by atoms with Crippen molar-refractivity contribution in [1.29, 1.82) is 0 Å². The Morgan fingerprint density at radius 2 is 2.14 bits per heavy atom. The Kier molecular flexibility index (Phi) is 8.27. The van der Waals surface area contributed by atoms with Crippen LogP contribution in [-0.4, -0.2) is 35.9 Å². The normalized spacial score (nSPS) is 12.4. The maximum Gasteiger partial charge on any atom is 0.508 e. The molecule has 0 heterocycles. The number of aliphatic hydroxyl groups is 1. The standard InChI is InChI=1S/C9H18O5/c1-2-3-4-5-8(13-7-6-10)14-9(11)12/h8,10H,2-7H2,1H3,(H,11,12). The molecule has 0 rings (SSSR count). The SMILES string of the molecule is CCCCCC(OCCO)OC(=O)O. The third kappa shape index (κ3) is 7.82. The van der Waals surface area contributed by atoms with E-state index in [0.717, 1.165) is 19.3 Å². The van der Waals surface area contributed by atoms with Crippen LogP contribution in [0.4, 0.5) is 4.79 Å². The average Bonchev–Trinajstić information content (AvgIpc) is 2.13. The molecule has 0 aliphatic carbocycles. The van der Waals surface area contributed by atoms with Crippen LogP contribution in [0.1, 0.15) is 32.6 Å². The van der Waals surface area contributed by atoms with E-state index in [4.69, 9.17) is 14.9 Å². The van der Waals surface area contributed by atoms with Gasteiger partial charge < -0.3 is 19.7 Å². The van der Waals surface area contributed by atoms with Gasteiger partial charge in [-0.15, -0.1) is 0 Å². The van der Waals surface area contributed by atoms with Gasteiger partial charge in [0.25, 0.3) is 0 Å². The summed E-state index contributed by atoms with van der Waals surface area (Å²) in [4.78, 5) is 10.2. The van der Waals surface area contributed by atoms with Gasteiger partial charge in [-0.05, 0) is 6.42 Å². The first-order chi connectivity index (χ1) is 6.70. The fourth-order valence-electron chi connectivity index (χ4n) is 1.03. The van der Waals surface area contributed by atoms with Crippen LogP contribution >= 0.6 is 0 Å². The zero-order valence-electron chi connectivity index (χ0n) is 8.44. The van der Waals surface area contributed by atoms with Gasteiger partial charge in [0, 0.05) is 6.42 Å². The van der Waals surface area contributed by atoms with E-state index in [1.165, 1.54) is 0 Å². The molecule has 84 valence electrons. The summed E-state index contributed by atoms with van der Waals surface area (Å²) in [6.07, 6.45) is 1.39. The molecule has 0 bridgehead atoms. The highest BCUT2D eigenvalue weighted by Gasteiger charge is 2.12. The largest absolute Gasteiger partial charge is 0.508 e. The maximum atomic E-state index is 10.2. The Morgan fingerprint density at radius 1 is 1.43 bits per heavy atom. The lowest BCUT2D eigenvalue weighted by Gasteiger charge is -2.15. The number of unbranched alkanes of at least 4 members (excludes halogenated alkanes) is 2. The molecule has 5 nitrogen and oxygen atoms in total. The second-order valence-corrected chi connectivity index (χ2v) is 2.90. The predicted octanol–water partition coefficient (Wildman–Crippen LogP) is 1.60. The van der Waals surface area contributed by atoms with Crippen molar-refractivity contribution in [3.05, 3.63) is 0 Å². The zero-order valence-corrected chi connectivity index (χ0v) is 8.44. The Labute approximate surface area is 83.6 Å². The quantitative estimate of drug-likeness (QED) is 0.358. The van der Waals surface area contributed by atoms with Crippen molar-refractivity contribution in [2.24, 2.45) is 0 Å². The lowest BCUT2D eigenvalue weighted by atomic mass is 10.2. The monoisotopic (exact) mass is 206 g/mol. The first kappa shape index (κ1) is 13.2. The molecule has 0 saturated carbocycles. The molecule has 0 aromatic carbocycles. The van der Waals surface area contributed by atoms with Crippen molar-refractivity contribution >= 4 is 6.16 Å². The molecule has 1 unspecified atom stereocenters. The molecule has 0 aliphatic heterocycles. The second-order valence-electron chi connectivity index (χ2n) is 2.90. The van der Waals surface area contributed by atoms with Crippen LogP contribution < -0.4 is 0 Å². The Hall–Kier alpha value is -0.810. The van der Waals surface area contributed by atoms with Crippen molar-refractivity contribution < 1.29 is 24.5 Å². The van der Waals surface area contributed by atoms with Crippen molar-refractivity contribution in [1.82, 2.24) is 0 Å². The number of hydrogen-bond donors (Lipinski definition) is 2. The first-order valence-electron chi connectivity index (χ1n) is 4.82. The number of ether oxygens (including phenoxy) is 2. The fraction of sp³-hybridized carbons (Fsp3) is 0.889. The summed E-state index contributed by atoms with van der Waals surface area (Å²) >= 11 is 0. The summed E-state index contributed by atoms with van der Waals surface area (Å²) in [7, 11) is 0. The van der Waals surface area contributed by atoms with E-state index in [0.29, 0.717) is 6.42 Å². The third-order valence-corrected chi connectivity index (χ3v) is 1.67. The average molecular weight is 206 g/mol. The number of aliphatic hydroxyl groups excluding tert-OH is 1. The number of rotatable bonds is 8. The summed E-state index contributed by atoms with van der Waals surface area (Å²) < 4.78 is 9.48. The Bertz CT molecular complexity index is 148. The number of carboxylic acid groups (broad SMARTS) is 1. The van der Waals surface area contributed by atoms with E-state index >= 15 is 0 Å². The molecule has 2 N–H and O–H groups in total. The molecule has 0 spiro atoms. The molecule has 0 aromatic heterocycles. The van der Waals surface area contributed by atoms with Gasteiger partial charge in [-0.25, -0.2) is 4.79 Å². The summed E-state index contributed by atoms with van der Waals surface area (Å²) in [5.41, 5.74) is 0. The predicted molar refractivity (Wildman–Crippen MR) is 50.1 cm³/mol. The third-order valence-electron chi connectivity index (χ3n) is 1.67. The molecule has 5 heteroatoms. The summed E-state index contributed by atoms with van der Waals surface area (Å²) in [6.45, 7) is 2.03. The van der Waals surface area contributed by atoms with Gasteiger partial charge >= 0.3 is 6.16 Å². The Balaban J connectivity index is 3.66.